The largest absolute Gasteiger partial charge is 0.496 e. The Kier molecular flexibility index (Phi) is 7.67. The number of benzene rings is 1. The molecular formula is C20H33NO. The minimum absolute atomic E-state index is 0.164. The van der Waals surface area contributed by atoms with Crippen LogP contribution in [0.4, 0.5) is 0 Å². The lowest BCUT2D eigenvalue weighted by molar-refractivity contribution is 0.413. The summed E-state index contributed by atoms with van der Waals surface area (Å²) in [5, 5.41) is 3.45. The van der Waals surface area contributed by atoms with E-state index in [4.69, 9.17) is 4.74 Å². The van der Waals surface area contributed by atoms with Gasteiger partial charge in [-0.3, -0.25) is 0 Å². The average Bonchev–Trinajstić information content (AvgIpc) is 2.44. The first-order chi connectivity index (χ1) is 10.3. The smallest absolute Gasteiger partial charge is 0.126 e. The number of hydrogen-bond donors (Lipinski definition) is 1. The van der Waals surface area contributed by atoms with Crippen molar-refractivity contribution in [2.24, 2.45) is 0 Å². The molecule has 0 spiro atoms. The number of nitrogens with one attached hydrogen (secondary N) is 1. The van der Waals surface area contributed by atoms with Crippen molar-refractivity contribution in [3.8, 4) is 5.75 Å². The molecular weight excluding hydrogens is 270 g/mol. The quantitative estimate of drug-likeness (QED) is 0.669. The van der Waals surface area contributed by atoms with Crippen LogP contribution in [0.2, 0.25) is 0 Å². The number of allylic oxidation sites excluding steroid dienone is 1. The predicted molar refractivity (Wildman–Crippen MR) is 97.7 cm³/mol. The summed E-state index contributed by atoms with van der Waals surface area (Å²) >= 11 is 0. The third kappa shape index (κ3) is 6.65. The van der Waals surface area contributed by atoms with E-state index in [1.165, 1.54) is 24.0 Å². The number of methoxy groups -OCH3 is 1. The maximum absolute atomic E-state index is 5.47. The Morgan fingerprint density at radius 1 is 1.18 bits per heavy atom. The molecule has 1 aromatic rings. The summed E-state index contributed by atoms with van der Waals surface area (Å²) in [6.07, 6.45) is 8.02. The highest BCUT2D eigenvalue weighted by Gasteiger charge is 2.14. The van der Waals surface area contributed by atoms with Crippen LogP contribution >= 0.6 is 0 Å². The Morgan fingerprint density at radius 2 is 1.91 bits per heavy atom. The van der Waals surface area contributed by atoms with E-state index in [9.17, 15) is 0 Å². The van der Waals surface area contributed by atoms with Crippen LogP contribution in [-0.2, 0) is 5.41 Å². The minimum Gasteiger partial charge on any atom is -0.496 e. The van der Waals surface area contributed by atoms with Crippen LogP contribution in [0.1, 0.15) is 65.0 Å². The zero-order valence-electron chi connectivity index (χ0n) is 15.2. The van der Waals surface area contributed by atoms with E-state index in [1.807, 2.05) is 0 Å². The zero-order chi connectivity index (χ0) is 16.6. The highest BCUT2D eigenvalue weighted by atomic mass is 16.5. The van der Waals surface area contributed by atoms with Gasteiger partial charge < -0.3 is 10.1 Å². The third-order valence-corrected chi connectivity index (χ3v) is 3.74. The van der Waals surface area contributed by atoms with Gasteiger partial charge in [0.2, 0.25) is 0 Å². The molecule has 1 N–H and O–H groups in total. The van der Waals surface area contributed by atoms with Gasteiger partial charge in [-0.15, -0.1) is 0 Å². The maximum atomic E-state index is 5.47. The first-order valence-electron chi connectivity index (χ1n) is 8.43. The van der Waals surface area contributed by atoms with Gasteiger partial charge in [0.15, 0.2) is 0 Å². The molecule has 0 saturated carbocycles. The third-order valence-electron chi connectivity index (χ3n) is 3.74. The molecule has 0 fully saturated rings. The van der Waals surface area contributed by atoms with Gasteiger partial charge in [-0.2, -0.15) is 0 Å². The Bertz CT molecular complexity index is 469. The van der Waals surface area contributed by atoms with Crippen molar-refractivity contribution in [2.75, 3.05) is 13.7 Å². The van der Waals surface area contributed by atoms with Crippen LogP contribution in [0.15, 0.2) is 24.3 Å². The molecule has 0 radical (unpaired) electrons. The van der Waals surface area contributed by atoms with E-state index in [1.54, 1.807) is 7.11 Å². The maximum Gasteiger partial charge on any atom is 0.126 e. The van der Waals surface area contributed by atoms with Crippen molar-refractivity contribution >= 4 is 6.08 Å². The molecule has 1 rings (SSSR count). The molecule has 22 heavy (non-hydrogen) atoms. The van der Waals surface area contributed by atoms with Crippen molar-refractivity contribution in [3.05, 3.63) is 35.4 Å². The molecule has 0 aliphatic rings. The molecule has 0 aromatic heterocycles. The van der Waals surface area contributed by atoms with E-state index < -0.39 is 0 Å². The van der Waals surface area contributed by atoms with Crippen LogP contribution in [-0.4, -0.2) is 19.7 Å². The standard InChI is InChI=1S/C20H33NO/c1-16(2)21-14-10-8-7-9-11-17-15-18(20(3,4)5)12-13-19(17)22-6/h9,11-13,15-16,21H,7-8,10,14H2,1-6H3/b11-9+. The molecule has 2 heteroatoms. The van der Waals surface area contributed by atoms with Gasteiger partial charge in [-0.1, -0.05) is 52.8 Å². The summed E-state index contributed by atoms with van der Waals surface area (Å²) in [5.41, 5.74) is 2.68. The summed E-state index contributed by atoms with van der Waals surface area (Å²) in [5.74, 6) is 0.950. The van der Waals surface area contributed by atoms with E-state index >= 15 is 0 Å². The van der Waals surface area contributed by atoms with Crippen molar-refractivity contribution in [2.45, 2.75) is 65.3 Å². The normalized spacial score (nSPS) is 12.3. The molecule has 0 bridgehead atoms. The zero-order valence-corrected chi connectivity index (χ0v) is 15.2. The van der Waals surface area contributed by atoms with Gasteiger partial charge in [0, 0.05) is 11.6 Å². The Hall–Kier alpha value is -1.28. The summed E-state index contributed by atoms with van der Waals surface area (Å²) in [7, 11) is 1.74. The number of unbranched alkanes of at least 4 members (excludes halogenated alkanes) is 2. The first-order valence-corrected chi connectivity index (χ1v) is 8.43. The van der Waals surface area contributed by atoms with E-state index in [-0.39, 0.29) is 5.41 Å². The molecule has 0 atom stereocenters. The van der Waals surface area contributed by atoms with Crippen molar-refractivity contribution in [1.29, 1.82) is 0 Å². The Balaban J connectivity index is 2.58. The van der Waals surface area contributed by atoms with Crippen molar-refractivity contribution in [1.82, 2.24) is 5.32 Å². The fourth-order valence-electron chi connectivity index (χ4n) is 2.32. The number of ether oxygens (including phenoxy) is 1. The van der Waals surface area contributed by atoms with Gasteiger partial charge >= 0.3 is 0 Å². The first kappa shape index (κ1) is 18.8. The molecule has 0 heterocycles. The lowest BCUT2D eigenvalue weighted by atomic mass is 9.86. The van der Waals surface area contributed by atoms with Crippen LogP contribution < -0.4 is 10.1 Å². The summed E-state index contributed by atoms with van der Waals surface area (Å²) in [4.78, 5) is 0. The van der Waals surface area contributed by atoms with Gasteiger partial charge in [-0.05, 0) is 48.9 Å². The molecule has 2 nitrogen and oxygen atoms in total. The van der Waals surface area contributed by atoms with Crippen molar-refractivity contribution in [3.63, 3.8) is 0 Å². The Labute approximate surface area is 137 Å². The fraction of sp³-hybridized carbons (Fsp3) is 0.600. The second kappa shape index (κ2) is 8.99. The average molecular weight is 303 g/mol. The predicted octanol–water partition coefficient (Wildman–Crippen LogP) is 5.17. The van der Waals surface area contributed by atoms with Gasteiger partial charge in [-0.25, -0.2) is 0 Å². The molecule has 0 unspecified atom stereocenters. The number of rotatable bonds is 8. The van der Waals surface area contributed by atoms with E-state index in [2.05, 4.69) is 70.3 Å². The minimum atomic E-state index is 0.164. The van der Waals surface area contributed by atoms with Crippen LogP contribution in [0.5, 0.6) is 5.75 Å². The monoisotopic (exact) mass is 303 g/mol. The number of hydrogen-bond acceptors (Lipinski definition) is 2. The lowest BCUT2D eigenvalue weighted by Gasteiger charge is -2.20. The molecule has 1 aromatic carbocycles. The fourth-order valence-corrected chi connectivity index (χ4v) is 2.32. The highest BCUT2D eigenvalue weighted by Crippen LogP contribution is 2.28. The van der Waals surface area contributed by atoms with Crippen LogP contribution in [0.25, 0.3) is 6.08 Å². The molecule has 0 amide bonds. The summed E-state index contributed by atoms with van der Waals surface area (Å²) < 4.78 is 5.47. The van der Waals surface area contributed by atoms with E-state index in [0.29, 0.717) is 6.04 Å². The molecule has 0 saturated heterocycles. The second-order valence-electron chi connectivity index (χ2n) is 7.21. The molecule has 0 aliphatic carbocycles. The SMILES string of the molecule is COc1ccc(C(C)(C)C)cc1/C=C/CCCCNC(C)C. The van der Waals surface area contributed by atoms with Crippen molar-refractivity contribution < 1.29 is 4.74 Å². The second-order valence-corrected chi connectivity index (χ2v) is 7.21. The Morgan fingerprint density at radius 3 is 2.50 bits per heavy atom. The topological polar surface area (TPSA) is 21.3 Å². The summed E-state index contributed by atoms with van der Waals surface area (Å²) in [6, 6.07) is 7.07. The molecule has 0 aliphatic heterocycles. The van der Waals surface area contributed by atoms with Gasteiger partial charge in [0.05, 0.1) is 7.11 Å². The lowest BCUT2D eigenvalue weighted by Crippen LogP contribution is -2.23. The van der Waals surface area contributed by atoms with Gasteiger partial charge in [0.25, 0.3) is 0 Å². The van der Waals surface area contributed by atoms with Gasteiger partial charge in [0.1, 0.15) is 5.75 Å². The molecule has 124 valence electrons. The van der Waals surface area contributed by atoms with Crippen LogP contribution in [0.3, 0.4) is 0 Å². The van der Waals surface area contributed by atoms with E-state index in [0.717, 1.165) is 18.7 Å². The summed E-state index contributed by atoms with van der Waals surface area (Å²) in [6.45, 7) is 12.2. The highest BCUT2D eigenvalue weighted by molar-refractivity contribution is 5.59. The van der Waals surface area contributed by atoms with Crippen LogP contribution in [0, 0.1) is 0 Å².